The monoisotopic (exact) mass is 358 g/mol. The molecule has 1 atom stereocenters. The Labute approximate surface area is 152 Å². The van der Waals surface area contributed by atoms with Gasteiger partial charge in [-0.05, 0) is 43.7 Å². The van der Waals surface area contributed by atoms with Gasteiger partial charge in [-0.2, -0.15) is 0 Å². The van der Waals surface area contributed by atoms with E-state index in [1.54, 1.807) is 45.4 Å². The van der Waals surface area contributed by atoms with Crippen LogP contribution < -0.4 is 14.8 Å². The van der Waals surface area contributed by atoms with Crippen molar-refractivity contribution in [3.05, 3.63) is 53.3 Å². The molecule has 2 aromatic rings. The van der Waals surface area contributed by atoms with Crippen LogP contribution in [0, 0.1) is 0 Å². The van der Waals surface area contributed by atoms with Crippen molar-refractivity contribution in [2.75, 3.05) is 20.8 Å². The lowest BCUT2D eigenvalue weighted by Gasteiger charge is -2.16. The number of pyridine rings is 1. The maximum atomic E-state index is 12.5. The van der Waals surface area contributed by atoms with Gasteiger partial charge < -0.3 is 19.5 Å². The molecule has 7 heteroatoms. The van der Waals surface area contributed by atoms with Gasteiger partial charge >= 0.3 is 5.97 Å². The van der Waals surface area contributed by atoms with Crippen molar-refractivity contribution < 1.29 is 23.8 Å². The van der Waals surface area contributed by atoms with Crippen LogP contribution in [0.4, 0.5) is 0 Å². The summed E-state index contributed by atoms with van der Waals surface area (Å²) >= 11 is 0. The first-order valence-corrected chi connectivity index (χ1v) is 8.17. The number of carbonyl (C=O) groups excluding carboxylic acids is 2. The number of nitrogens with zero attached hydrogens (tertiary/aromatic N) is 1. The lowest BCUT2D eigenvalue weighted by atomic mass is 10.1. The van der Waals surface area contributed by atoms with Gasteiger partial charge in [0.15, 0.2) is 11.5 Å². The fourth-order valence-corrected chi connectivity index (χ4v) is 2.36. The molecule has 0 fully saturated rings. The summed E-state index contributed by atoms with van der Waals surface area (Å²) in [7, 11) is 3.11. The number of carbonyl (C=O) groups is 2. The number of ether oxygens (including phenoxy) is 3. The SMILES string of the molecule is CCOC(=O)c1cccc(C(=O)NC(C)c2ccc(OC)c(OC)c2)n1. The van der Waals surface area contributed by atoms with Crippen LogP contribution in [0.1, 0.15) is 46.4 Å². The van der Waals surface area contributed by atoms with Crippen LogP contribution in [0.25, 0.3) is 0 Å². The molecule has 1 aromatic heterocycles. The van der Waals surface area contributed by atoms with Gasteiger partial charge in [0, 0.05) is 0 Å². The van der Waals surface area contributed by atoms with E-state index in [2.05, 4.69) is 10.3 Å². The molecule has 0 aliphatic carbocycles. The van der Waals surface area contributed by atoms with Gasteiger partial charge in [0.25, 0.3) is 5.91 Å². The van der Waals surface area contributed by atoms with Crippen molar-refractivity contribution in [2.45, 2.75) is 19.9 Å². The van der Waals surface area contributed by atoms with E-state index in [4.69, 9.17) is 14.2 Å². The van der Waals surface area contributed by atoms with Crippen LogP contribution in [0.3, 0.4) is 0 Å². The Morgan fingerprint density at radius 1 is 1.08 bits per heavy atom. The zero-order chi connectivity index (χ0) is 19.1. The first-order chi connectivity index (χ1) is 12.5. The zero-order valence-corrected chi connectivity index (χ0v) is 15.2. The fraction of sp³-hybridized carbons (Fsp3) is 0.316. The van der Waals surface area contributed by atoms with Gasteiger partial charge in [0.1, 0.15) is 11.4 Å². The van der Waals surface area contributed by atoms with E-state index in [9.17, 15) is 9.59 Å². The maximum absolute atomic E-state index is 12.5. The Balaban J connectivity index is 2.14. The summed E-state index contributed by atoms with van der Waals surface area (Å²) in [4.78, 5) is 28.3. The van der Waals surface area contributed by atoms with E-state index in [0.29, 0.717) is 11.5 Å². The lowest BCUT2D eigenvalue weighted by Crippen LogP contribution is -2.28. The Morgan fingerprint density at radius 3 is 2.42 bits per heavy atom. The first-order valence-electron chi connectivity index (χ1n) is 8.17. The number of amides is 1. The highest BCUT2D eigenvalue weighted by molar-refractivity contribution is 5.94. The summed E-state index contributed by atoms with van der Waals surface area (Å²) < 4.78 is 15.4. The number of hydrogen-bond acceptors (Lipinski definition) is 6. The third-order valence-corrected chi connectivity index (χ3v) is 3.72. The summed E-state index contributed by atoms with van der Waals surface area (Å²) in [5.41, 5.74) is 1.08. The third-order valence-electron chi connectivity index (χ3n) is 3.72. The second-order valence-electron chi connectivity index (χ2n) is 5.44. The molecule has 1 amide bonds. The number of aromatic nitrogens is 1. The minimum Gasteiger partial charge on any atom is -0.493 e. The molecule has 26 heavy (non-hydrogen) atoms. The molecule has 0 saturated carbocycles. The van der Waals surface area contributed by atoms with Gasteiger partial charge in [-0.15, -0.1) is 0 Å². The predicted molar refractivity (Wildman–Crippen MR) is 95.6 cm³/mol. The van der Waals surface area contributed by atoms with Gasteiger partial charge in [-0.25, -0.2) is 9.78 Å². The molecule has 0 aliphatic rings. The van der Waals surface area contributed by atoms with Crippen LogP contribution in [0.15, 0.2) is 36.4 Å². The normalized spacial score (nSPS) is 11.4. The standard InChI is InChI=1S/C19H22N2O5/c1-5-26-19(23)15-8-6-7-14(21-15)18(22)20-12(2)13-9-10-16(24-3)17(11-13)25-4/h6-12H,5H2,1-4H3,(H,20,22). The number of nitrogens with one attached hydrogen (secondary N) is 1. The summed E-state index contributed by atoms with van der Waals surface area (Å²) in [5, 5.41) is 2.85. The Kier molecular flexibility index (Phi) is 6.54. The van der Waals surface area contributed by atoms with E-state index in [-0.39, 0.29) is 24.0 Å². The van der Waals surface area contributed by atoms with E-state index in [0.717, 1.165) is 5.56 Å². The number of methoxy groups -OCH3 is 2. The summed E-state index contributed by atoms with van der Waals surface area (Å²) in [6.45, 7) is 3.79. The number of rotatable bonds is 7. The lowest BCUT2D eigenvalue weighted by molar-refractivity contribution is 0.0519. The Morgan fingerprint density at radius 2 is 1.77 bits per heavy atom. The van der Waals surface area contributed by atoms with Crippen molar-refractivity contribution in [2.24, 2.45) is 0 Å². The molecule has 1 aromatic carbocycles. The molecule has 1 unspecified atom stereocenters. The van der Waals surface area contributed by atoms with Crippen molar-refractivity contribution >= 4 is 11.9 Å². The molecule has 0 bridgehead atoms. The molecule has 138 valence electrons. The number of benzene rings is 1. The van der Waals surface area contributed by atoms with E-state index < -0.39 is 11.9 Å². The van der Waals surface area contributed by atoms with Crippen molar-refractivity contribution in [3.63, 3.8) is 0 Å². The first kappa shape index (κ1) is 19.2. The second-order valence-corrected chi connectivity index (χ2v) is 5.44. The maximum Gasteiger partial charge on any atom is 0.356 e. The average Bonchev–Trinajstić information content (AvgIpc) is 2.67. The van der Waals surface area contributed by atoms with Gasteiger partial charge in [0.05, 0.1) is 26.9 Å². The highest BCUT2D eigenvalue weighted by Crippen LogP contribution is 2.29. The van der Waals surface area contributed by atoms with Gasteiger partial charge in [0.2, 0.25) is 0 Å². The largest absolute Gasteiger partial charge is 0.493 e. The minimum absolute atomic E-state index is 0.0956. The van der Waals surface area contributed by atoms with Crippen molar-refractivity contribution in [1.82, 2.24) is 10.3 Å². The molecule has 0 radical (unpaired) electrons. The Bertz CT molecular complexity index is 791. The molecule has 1 heterocycles. The molecule has 7 nitrogen and oxygen atoms in total. The smallest absolute Gasteiger partial charge is 0.356 e. The summed E-state index contributed by atoms with van der Waals surface area (Å²) in [6, 6.07) is 9.76. The van der Waals surface area contributed by atoms with Crippen molar-refractivity contribution in [1.29, 1.82) is 0 Å². The highest BCUT2D eigenvalue weighted by Gasteiger charge is 2.17. The third kappa shape index (κ3) is 4.50. The van der Waals surface area contributed by atoms with Crippen LogP contribution >= 0.6 is 0 Å². The summed E-state index contributed by atoms with van der Waals surface area (Å²) in [6.07, 6.45) is 0. The molecular formula is C19H22N2O5. The van der Waals surface area contributed by atoms with Gasteiger partial charge in [-0.3, -0.25) is 4.79 Å². The Hall–Kier alpha value is -3.09. The topological polar surface area (TPSA) is 86.8 Å². The van der Waals surface area contributed by atoms with Crippen LogP contribution in [-0.2, 0) is 4.74 Å². The van der Waals surface area contributed by atoms with Crippen LogP contribution in [-0.4, -0.2) is 37.7 Å². The molecule has 0 spiro atoms. The average molecular weight is 358 g/mol. The zero-order valence-electron chi connectivity index (χ0n) is 15.2. The van der Waals surface area contributed by atoms with Crippen LogP contribution in [0.5, 0.6) is 11.5 Å². The quantitative estimate of drug-likeness (QED) is 0.766. The molecule has 1 N–H and O–H groups in total. The van der Waals surface area contributed by atoms with E-state index >= 15 is 0 Å². The highest BCUT2D eigenvalue weighted by atomic mass is 16.5. The second kappa shape index (κ2) is 8.84. The molecule has 0 aliphatic heterocycles. The summed E-state index contributed by atoms with van der Waals surface area (Å²) in [5.74, 6) is 0.237. The molecule has 0 saturated heterocycles. The molecular weight excluding hydrogens is 336 g/mol. The van der Waals surface area contributed by atoms with E-state index in [1.165, 1.54) is 6.07 Å². The number of hydrogen-bond donors (Lipinski definition) is 1. The predicted octanol–water partition coefficient (Wildman–Crippen LogP) is 2.77. The van der Waals surface area contributed by atoms with E-state index in [1.807, 2.05) is 13.0 Å². The molecule has 2 rings (SSSR count). The fourth-order valence-electron chi connectivity index (χ4n) is 2.36. The van der Waals surface area contributed by atoms with Gasteiger partial charge in [-0.1, -0.05) is 12.1 Å². The van der Waals surface area contributed by atoms with Crippen LogP contribution in [0.2, 0.25) is 0 Å². The number of esters is 1. The van der Waals surface area contributed by atoms with Crippen molar-refractivity contribution in [3.8, 4) is 11.5 Å². The minimum atomic E-state index is -0.560.